The van der Waals surface area contributed by atoms with Crippen LogP contribution in [0.2, 0.25) is 0 Å². The van der Waals surface area contributed by atoms with E-state index in [9.17, 15) is 9.90 Å². The largest absolute Gasteiger partial charge is 0.505 e. The van der Waals surface area contributed by atoms with Gasteiger partial charge in [0.15, 0.2) is 5.69 Å². The molecule has 116 valence electrons. The summed E-state index contributed by atoms with van der Waals surface area (Å²) in [7, 11) is 0. The van der Waals surface area contributed by atoms with Crippen LogP contribution in [0.25, 0.3) is 0 Å². The normalized spacial score (nSPS) is 16.0. The van der Waals surface area contributed by atoms with Gasteiger partial charge < -0.3 is 14.6 Å². The number of aromatic hydroxyl groups is 1. The lowest BCUT2D eigenvalue weighted by atomic mass is 9.96. The van der Waals surface area contributed by atoms with Crippen molar-refractivity contribution >= 4 is 5.91 Å². The quantitative estimate of drug-likeness (QED) is 0.939. The van der Waals surface area contributed by atoms with Gasteiger partial charge in [-0.3, -0.25) is 4.79 Å². The van der Waals surface area contributed by atoms with Crippen molar-refractivity contribution in [3.63, 3.8) is 0 Å². The van der Waals surface area contributed by atoms with E-state index in [1.54, 1.807) is 11.0 Å². The average Bonchev–Trinajstić information content (AvgIpc) is 2.93. The topological polar surface area (TPSA) is 71.2 Å². The van der Waals surface area contributed by atoms with Crippen molar-refractivity contribution in [2.75, 3.05) is 13.1 Å². The van der Waals surface area contributed by atoms with Crippen molar-refractivity contribution in [1.82, 2.24) is 19.4 Å². The molecule has 1 saturated heterocycles. The predicted octanol–water partition coefficient (Wildman–Crippen LogP) is 1.84. The van der Waals surface area contributed by atoms with E-state index in [4.69, 9.17) is 0 Å². The summed E-state index contributed by atoms with van der Waals surface area (Å²) in [5, 5.41) is 9.74. The Morgan fingerprint density at radius 1 is 1.32 bits per heavy atom. The number of pyridine rings is 1. The highest BCUT2D eigenvalue weighted by molar-refractivity contribution is 5.94. The number of piperidine rings is 1. The summed E-state index contributed by atoms with van der Waals surface area (Å²) >= 11 is 0. The zero-order valence-corrected chi connectivity index (χ0v) is 12.6. The molecule has 1 aliphatic rings. The van der Waals surface area contributed by atoms with Crippen LogP contribution in [0.3, 0.4) is 0 Å². The number of amides is 1. The Labute approximate surface area is 129 Å². The van der Waals surface area contributed by atoms with Crippen LogP contribution in [0.4, 0.5) is 0 Å². The van der Waals surface area contributed by atoms with Crippen LogP contribution in [-0.4, -0.2) is 43.5 Å². The maximum Gasteiger partial charge on any atom is 0.276 e. The Balaban J connectivity index is 1.59. The molecule has 0 spiro atoms. The summed E-state index contributed by atoms with van der Waals surface area (Å²) in [5.41, 5.74) is 0.145. The van der Waals surface area contributed by atoms with E-state index in [-0.39, 0.29) is 17.4 Å². The molecule has 0 radical (unpaired) electrons. The van der Waals surface area contributed by atoms with Crippen molar-refractivity contribution in [2.45, 2.75) is 26.3 Å². The lowest BCUT2D eigenvalue weighted by molar-refractivity contribution is 0.0673. The number of imidazole rings is 1. The van der Waals surface area contributed by atoms with Crippen molar-refractivity contribution in [1.29, 1.82) is 0 Å². The zero-order chi connectivity index (χ0) is 15.5. The molecule has 1 amide bonds. The van der Waals surface area contributed by atoms with Crippen molar-refractivity contribution in [2.24, 2.45) is 5.92 Å². The van der Waals surface area contributed by atoms with Gasteiger partial charge in [0.05, 0.1) is 0 Å². The van der Waals surface area contributed by atoms with Gasteiger partial charge in [0.1, 0.15) is 11.6 Å². The van der Waals surface area contributed by atoms with E-state index in [0.717, 1.165) is 25.2 Å². The number of hydrogen-bond donors (Lipinski definition) is 1. The molecule has 0 atom stereocenters. The molecule has 1 fully saturated rings. The molecule has 6 nitrogen and oxygen atoms in total. The van der Waals surface area contributed by atoms with Gasteiger partial charge in [-0.1, -0.05) is 0 Å². The van der Waals surface area contributed by atoms with Crippen molar-refractivity contribution < 1.29 is 9.90 Å². The third-order valence-electron chi connectivity index (χ3n) is 4.27. The van der Waals surface area contributed by atoms with E-state index in [1.807, 2.05) is 19.3 Å². The Hall–Kier alpha value is -2.37. The second-order valence-corrected chi connectivity index (χ2v) is 5.73. The number of aryl methyl sites for hydroxylation is 1. The lowest BCUT2D eigenvalue weighted by Crippen LogP contribution is -2.39. The SMILES string of the molecule is Cc1nccn1CC1CCN(C(=O)c2ncccc2O)CC1. The molecule has 0 aliphatic carbocycles. The van der Waals surface area contributed by atoms with Gasteiger partial charge in [-0.2, -0.15) is 0 Å². The molecule has 1 N–H and O–H groups in total. The summed E-state index contributed by atoms with van der Waals surface area (Å²) < 4.78 is 2.16. The first-order chi connectivity index (χ1) is 10.6. The molecule has 0 unspecified atom stereocenters. The molecule has 0 saturated carbocycles. The van der Waals surface area contributed by atoms with Crippen LogP contribution in [0.5, 0.6) is 5.75 Å². The molecule has 6 heteroatoms. The van der Waals surface area contributed by atoms with Crippen molar-refractivity contribution in [3.05, 3.63) is 42.2 Å². The summed E-state index contributed by atoms with van der Waals surface area (Å²) in [5.74, 6) is 1.34. The highest BCUT2D eigenvalue weighted by Gasteiger charge is 2.26. The highest BCUT2D eigenvalue weighted by atomic mass is 16.3. The summed E-state index contributed by atoms with van der Waals surface area (Å²) in [6.45, 7) is 4.35. The fourth-order valence-electron chi connectivity index (χ4n) is 2.90. The predicted molar refractivity (Wildman–Crippen MR) is 81.5 cm³/mol. The summed E-state index contributed by atoms with van der Waals surface area (Å²) in [6, 6.07) is 3.11. The summed E-state index contributed by atoms with van der Waals surface area (Å²) in [6.07, 6.45) is 7.26. The first-order valence-corrected chi connectivity index (χ1v) is 7.56. The highest BCUT2D eigenvalue weighted by Crippen LogP contribution is 2.23. The Morgan fingerprint density at radius 3 is 2.73 bits per heavy atom. The minimum atomic E-state index is -0.185. The fraction of sp³-hybridized carbons (Fsp3) is 0.438. The lowest BCUT2D eigenvalue weighted by Gasteiger charge is -2.32. The molecule has 22 heavy (non-hydrogen) atoms. The molecule has 0 aromatic carbocycles. The van der Waals surface area contributed by atoms with Gasteiger partial charge in [0.25, 0.3) is 5.91 Å². The molecule has 0 bridgehead atoms. The van der Waals surface area contributed by atoms with E-state index in [0.29, 0.717) is 19.0 Å². The monoisotopic (exact) mass is 300 g/mol. The van der Waals surface area contributed by atoms with Gasteiger partial charge in [0.2, 0.25) is 0 Å². The molecular weight excluding hydrogens is 280 g/mol. The van der Waals surface area contributed by atoms with Gasteiger partial charge in [0, 0.05) is 38.2 Å². The first kappa shape index (κ1) is 14.6. The molecule has 1 aliphatic heterocycles. The standard InChI is InChI=1S/C16H20N4O2/c1-12-17-7-10-20(12)11-13-4-8-19(9-5-13)16(22)15-14(21)3-2-6-18-15/h2-3,6-7,10,13,21H,4-5,8-9,11H2,1H3. The Kier molecular flexibility index (Phi) is 4.09. The minimum absolute atomic E-state index is 0.0522. The van der Waals surface area contributed by atoms with E-state index < -0.39 is 0 Å². The van der Waals surface area contributed by atoms with Gasteiger partial charge in [-0.15, -0.1) is 0 Å². The van der Waals surface area contributed by atoms with Gasteiger partial charge in [-0.05, 0) is 37.8 Å². The molecule has 3 heterocycles. The van der Waals surface area contributed by atoms with E-state index in [1.165, 1.54) is 12.3 Å². The second-order valence-electron chi connectivity index (χ2n) is 5.73. The van der Waals surface area contributed by atoms with Gasteiger partial charge in [-0.25, -0.2) is 9.97 Å². The minimum Gasteiger partial charge on any atom is -0.505 e. The summed E-state index contributed by atoms with van der Waals surface area (Å²) in [4.78, 5) is 22.4. The molecule has 2 aromatic rings. The third-order valence-corrected chi connectivity index (χ3v) is 4.27. The van der Waals surface area contributed by atoms with Crippen molar-refractivity contribution in [3.8, 4) is 5.75 Å². The van der Waals surface area contributed by atoms with E-state index >= 15 is 0 Å². The molecule has 3 rings (SSSR count). The van der Waals surface area contributed by atoms with Crippen LogP contribution in [-0.2, 0) is 6.54 Å². The van der Waals surface area contributed by atoms with Crippen LogP contribution in [0.15, 0.2) is 30.7 Å². The second kappa shape index (κ2) is 6.17. The number of nitrogens with zero attached hydrogens (tertiary/aromatic N) is 4. The fourth-order valence-corrected chi connectivity index (χ4v) is 2.90. The third kappa shape index (κ3) is 2.95. The maximum absolute atomic E-state index is 12.4. The van der Waals surface area contributed by atoms with Crippen LogP contribution >= 0.6 is 0 Å². The number of likely N-dealkylation sites (tertiary alicyclic amines) is 1. The first-order valence-electron chi connectivity index (χ1n) is 7.56. The number of hydrogen-bond acceptors (Lipinski definition) is 4. The number of carbonyl (C=O) groups is 1. The number of aromatic nitrogens is 3. The molecule has 2 aromatic heterocycles. The number of rotatable bonds is 3. The smallest absolute Gasteiger partial charge is 0.276 e. The van der Waals surface area contributed by atoms with Crippen LogP contribution < -0.4 is 0 Å². The van der Waals surface area contributed by atoms with E-state index in [2.05, 4.69) is 14.5 Å². The zero-order valence-electron chi connectivity index (χ0n) is 12.6. The maximum atomic E-state index is 12.4. The Bertz CT molecular complexity index is 660. The van der Waals surface area contributed by atoms with Gasteiger partial charge >= 0.3 is 0 Å². The van der Waals surface area contributed by atoms with Crippen LogP contribution in [0, 0.1) is 12.8 Å². The Morgan fingerprint density at radius 2 is 2.09 bits per heavy atom. The molecular formula is C16H20N4O2. The number of carbonyl (C=O) groups excluding carboxylic acids is 1. The van der Waals surface area contributed by atoms with Crippen LogP contribution in [0.1, 0.15) is 29.2 Å². The average molecular weight is 300 g/mol.